The predicted molar refractivity (Wildman–Crippen MR) is 68.7 cm³/mol. The highest BCUT2D eigenvalue weighted by atomic mass is 79.9. The molecule has 0 aliphatic carbocycles. The molecule has 0 aliphatic heterocycles. The Morgan fingerprint density at radius 1 is 1.50 bits per heavy atom. The van der Waals surface area contributed by atoms with Crippen LogP contribution < -0.4 is 5.32 Å². The molecule has 6 heteroatoms. The summed E-state index contributed by atoms with van der Waals surface area (Å²) in [4.78, 5) is 11.7. The van der Waals surface area contributed by atoms with E-state index in [2.05, 4.69) is 21.2 Å². The summed E-state index contributed by atoms with van der Waals surface area (Å²) in [5.41, 5.74) is 0.498. The van der Waals surface area contributed by atoms with Crippen molar-refractivity contribution in [2.75, 3.05) is 27.4 Å². The van der Waals surface area contributed by atoms with Crippen molar-refractivity contribution in [3.8, 4) is 0 Å². The summed E-state index contributed by atoms with van der Waals surface area (Å²) in [5, 5.41) is 2.96. The molecule has 18 heavy (non-hydrogen) atoms. The van der Waals surface area contributed by atoms with E-state index in [0.717, 1.165) is 0 Å². The van der Waals surface area contributed by atoms with E-state index >= 15 is 0 Å². The number of hydrogen-bond acceptors (Lipinski definition) is 4. The minimum atomic E-state index is -0.727. The van der Waals surface area contributed by atoms with Gasteiger partial charge in [0.15, 0.2) is 0 Å². The number of nitrogens with one attached hydrogen (secondary N) is 1. The molecule has 0 heterocycles. The van der Waals surface area contributed by atoms with E-state index in [1.807, 2.05) is 0 Å². The number of rotatable bonds is 6. The number of ether oxygens (including phenoxy) is 2. The summed E-state index contributed by atoms with van der Waals surface area (Å²) in [5.74, 6) is -0.881. The van der Waals surface area contributed by atoms with Crippen LogP contribution in [0.5, 0.6) is 0 Å². The maximum Gasteiger partial charge on any atom is 0.327 e. The highest BCUT2D eigenvalue weighted by Gasteiger charge is 2.23. The molecule has 0 aromatic heterocycles. The topological polar surface area (TPSA) is 47.6 Å². The largest absolute Gasteiger partial charge is 0.468 e. The molecule has 1 aromatic carbocycles. The molecule has 1 N–H and O–H groups in total. The Labute approximate surface area is 114 Å². The monoisotopic (exact) mass is 319 g/mol. The Hall–Kier alpha value is -0.980. The van der Waals surface area contributed by atoms with Gasteiger partial charge in [0, 0.05) is 18.1 Å². The Morgan fingerprint density at radius 2 is 2.22 bits per heavy atom. The van der Waals surface area contributed by atoms with E-state index in [9.17, 15) is 9.18 Å². The highest BCUT2D eigenvalue weighted by molar-refractivity contribution is 9.10. The number of carbonyl (C=O) groups excluding carboxylic acids is 1. The quantitative estimate of drug-likeness (QED) is 0.644. The Kier molecular flexibility index (Phi) is 6.24. The first-order chi connectivity index (χ1) is 8.60. The van der Waals surface area contributed by atoms with Gasteiger partial charge in [-0.3, -0.25) is 5.32 Å². The molecule has 0 radical (unpaired) electrons. The fraction of sp³-hybridized carbons (Fsp3) is 0.417. The fourth-order valence-electron chi connectivity index (χ4n) is 1.48. The van der Waals surface area contributed by atoms with Crippen LogP contribution >= 0.6 is 15.9 Å². The van der Waals surface area contributed by atoms with Gasteiger partial charge in [-0.1, -0.05) is 15.9 Å². The first-order valence-corrected chi connectivity index (χ1v) is 6.14. The van der Waals surface area contributed by atoms with Crippen LogP contribution in [0.2, 0.25) is 0 Å². The van der Waals surface area contributed by atoms with Crippen LogP contribution in [0.25, 0.3) is 0 Å². The van der Waals surface area contributed by atoms with Crippen molar-refractivity contribution in [2.24, 2.45) is 0 Å². The van der Waals surface area contributed by atoms with Gasteiger partial charge in [0.2, 0.25) is 0 Å². The van der Waals surface area contributed by atoms with Gasteiger partial charge in [0.05, 0.1) is 13.7 Å². The van der Waals surface area contributed by atoms with Gasteiger partial charge in [-0.25, -0.2) is 9.18 Å². The molecule has 100 valence electrons. The average Bonchev–Trinajstić information content (AvgIpc) is 2.37. The molecule has 0 bridgehead atoms. The summed E-state index contributed by atoms with van der Waals surface area (Å²) in [7, 11) is 2.85. The zero-order chi connectivity index (χ0) is 13.5. The van der Waals surface area contributed by atoms with Gasteiger partial charge >= 0.3 is 5.97 Å². The summed E-state index contributed by atoms with van der Waals surface area (Å²) < 4.78 is 23.5. The molecule has 0 saturated heterocycles. The fourth-order valence-corrected chi connectivity index (χ4v) is 1.95. The maximum atomic E-state index is 13.2. The Morgan fingerprint density at radius 3 is 2.83 bits per heavy atom. The van der Waals surface area contributed by atoms with Gasteiger partial charge in [0.25, 0.3) is 0 Å². The van der Waals surface area contributed by atoms with Gasteiger partial charge in [-0.05, 0) is 23.8 Å². The van der Waals surface area contributed by atoms with E-state index in [4.69, 9.17) is 9.47 Å². The molecule has 0 amide bonds. The molecule has 0 spiro atoms. The van der Waals surface area contributed by atoms with Crippen molar-refractivity contribution in [2.45, 2.75) is 6.04 Å². The Bertz CT molecular complexity index is 414. The third kappa shape index (κ3) is 4.04. The standard InChI is InChI=1S/C12H15BrFNO3/c1-17-6-5-15-11(12(16)18-2)9-7-8(14)3-4-10(9)13/h3-4,7,11,15H,5-6H2,1-2H3. The second kappa shape index (κ2) is 7.45. The van der Waals surface area contributed by atoms with Crippen molar-refractivity contribution < 1.29 is 18.7 Å². The van der Waals surface area contributed by atoms with Crippen molar-refractivity contribution in [1.82, 2.24) is 5.32 Å². The lowest BCUT2D eigenvalue weighted by atomic mass is 10.1. The van der Waals surface area contributed by atoms with Crippen LogP contribution in [0.3, 0.4) is 0 Å². The first kappa shape index (κ1) is 15.1. The zero-order valence-electron chi connectivity index (χ0n) is 10.2. The normalized spacial score (nSPS) is 12.2. The van der Waals surface area contributed by atoms with Gasteiger partial charge in [0.1, 0.15) is 11.9 Å². The Balaban J connectivity index is 2.93. The van der Waals surface area contributed by atoms with E-state index in [-0.39, 0.29) is 0 Å². The van der Waals surface area contributed by atoms with Crippen molar-refractivity contribution in [1.29, 1.82) is 0 Å². The molecule has 0 saturated carbocycles. The van der Waals surface area contributed by atoms with Gasteiger partial charge in [-0.2, -0.15) is 0 Å². The lowest BCUT2D eigenvalue weighted by Gasteiger charge is -2.18. The van der Waals surface area contributed by atoms with Crippen molar-refractivity contribution >= 4 is 21.9 Å². The van der Waals surface area contributed by atoms with Crippen LogP contribution in [0.1, 0.15) is 11.6 Å². The number of methoxy groups -OCH3 is 2. The molecule has 1 unspecified atom stereocenters. The van der Waals surface area contributed by atoms with Crippen LogP contribution in [0, 0.1) is 5.82 Å². The first-order valence-electron chi connectivity index (χ1n) is 5.35. The van der Waals surface area contributed by atoms with E-state index < -0.39 is 17.8 Å². The number of hydrogen-bond donors (Lipinski definition) is 1. The molecule has 0 aliphatic rings. The summed E-state index contributed by atoms with van der Waals surface area (Å²) in [6.07, 6.45) is 0. The molecule has 1 atom stereocenters. The van der Waals surface area contributed by atoms with Crippen LogP contribution in [0.4, 0.5) is 4.39 Å². The van der Waals surface area contributed by atoms with Crippen molar-refractivity contribution in [3.05, 3.63) is 34.1 Å². The minimum Gasteiger partial charge on any atom is -0.468 e. The van der Waals surface area contributed by atoms with Gasteiger partial charge in [-0.15, -0.1) is 0 Å². The number of esters is 1. The third-order valence-corrected chi connectivity index (χ3v) is 3.08. The van der Waals surface area contributed by atoms with E-state index in [0.29, 0.717) is 23.2 Å². The zero-order valence-corrected chi connectivity index (χ0v) is 11.8. The second-order valence-corrected chi connectivity index (χ2v) is 4.42. The predicted octanol–water partition coefficient (Wildman–Crippen LogP) is 2.04. The maximum absolute atomic E-state index is 13.2. The SMILES string of the molecule is COCCNC(C(=O)OC)c1cc(F)ccc1Br. The van der Waals surface area contributed by atoms with E-state index in [1.165, 1.54) is 19.2 Å². The number of carbonyl (C=O) groups is 1. The molecule has 4 nitrogen and oxygen atoms in total. The number of halogens is 2. The third-order valence-electron chi connectivity index (χ3n) is 2.36. The summed E-state index contributed by atoms with van der Waals surface area (Å²) in [6, 6.07) is 3.44. The molecular weight excluding hydrogens is 305 g/mol. The van der Waals surface area contributed by atoms with Crippen molar-refractivity contribution in [3.63, 3.8) is 0 Å². The minimum absolute atomic E-state index is 0.407. The lowest BCUT2D eigenvalue weighted by molar-refractivity contribution is -0.143. The highest BCUT2D eigenvalue weighted by Crippen LogP contribution is 2.25. The van der Waals surface area contributed by atoms with E-state index in [1.54, 1.807) is 13.2 Å². The van der Waals surface area contributed by atoms with Crippen LogP contribution in [0.15, 0.2) is 22.7 Å². The van der Waals surface area contributed by atoms with Crippen LogP contribution in [-0.4, -0.2) is 33.3 Å². The average molecular weight is 320 g/mol. The number of benzene rings is 1. The van der Waals surface area contributed by atoms with Gasteiger partial charge < -0.3 is 9.47 Å². The van der Waals surface area contributed by atoms with Crippen LogP contribution in [-0.2, 0) is 14.3 Å². The second-order valence-electron chi connectivity index (χ2n) is 3.57. The molecular formula is C12H15BrFNO3. The summed E-state index contributed by atoms with van der Waals surface area (Å²) >= 11 is 3.29. The molecule has 0 fully saturated rings. The lowest BCUT2D eigenvalue weighted by Crippen LogP contribution is -2.32. The smallest absolute Gasteiger partial charge is 0.327 e. The summed E-state index contributed by atoms with van der Waals surface area (Å²) in [6.45, 7) is 0.902. The molecule has 1 aromatic rings. The molecule has 1 rings (SSSR count).